The molecule has 2 rings (SSSR count). The van der Waals surface area contributed by atoms with E-state index in [1.807, 2.05) is 13.8 Å². The molecule has 0 spiro atoms. The molecular weight excluding hydrogens is 506 g/mol. The number of hydrogen-bond donors (Lipinski definition) is 3. The van der Waals surface area contributed by atoms with Gasteiger partial charge < -0.3 is 25.4 Å². The van der Waals surface area contributed by atoms with E-state index in [-0.39, 0.29) is 29.5 Å². The van der Waals surface area contributed by atoms with Gasteiger partial charge >= 0.3 is 6.09 Å². The van der Waals surface area contributed by atoms with Gasteiger partial charge in [0.05, 0.1) is 0 Å². The summed E-state index contributed by atoms with van der Waals surface area (Å²) in [6.45, 7) is 11.9. The van der Waals surface area contributed by atoms with E-state index in [2.05, 4.69) is 17.6 Å². The number of benzene rings is 1. The zero-order valence-electron chi connectivity index (χ0n) is 25.6. The first-order valence-electron chi connectivity index (χ1n) is 15.3. The minimum atomic E-state index is -0.928. The van der Waals surface area contributed by atoms with Crippen molar-refractivity contribution < 1.29 is 24.2 Å². The molecule has 2 atom stereocenters. The Labute approximate surface area is 241 Å². The van der Waals surface area contributed by atoms with Crippen LogP contribution in [0, 0.1) is 5.92 Å². The van der Waals surface area contributed by atoms with Crippen molar-refractivity contribution in [3.63, 3.8) is 0 Å². The Morgan fingerprint density at radius 2 is 1.73 bits per heavy atom. The number of amides is 3. The smallest absolute Gasteiger partial charge is 0.408 e. The minimum Gasteiger partial charge on any atom is -0.508 e. The molecule has 8 nitrogen and oxygen atoms in total. The summed E-state index contributed by atoms with van der Waals surface area (Å²) in [5.74, 6) is -0.415. The second-order valence-electron chi connectivity index (χ2n) is 12.6. The molecule has 0 aromatic heterocycles. The molecule has 3 amide bonds. The second-order valence-corrected chi connectivity index (χ2v) is 12.6. The normalized spacial score (nSPS) is 15.8. The molecule has 0 saturated heterocycles. The molecule has 1 aromatic rings. The topological polar surface area (TPSA) is 108 Å². The van der Waals surface area contributed by atoms with Gasteiger partial charge in [-0.15, -0.1) is 0 Å². The van der Waals surface area contributed by atoms with Crippen LogP contribution >= 0.6 is 0 Å². The van der Waals surface area contributed by atoms with Gasteiger partial charge in [-0.2, -0.15) is 0 Å². The number of alkyl carbamates (subject to hydrolysis) is 1. The first-order valence-corrected chi connectivity index (χ1v) is 15.3. The number of rotatable bonds is 14. The Kier molecular flexibility index (Phi) is 13.8. The van der Waals surface area contributed by atoms with Gasteiger partial charge in [0.1, 0.15) is 23.4 Å². The van der Waals surface area contributed by atoms with Crippen molar-refractivity contribution in [1.82, 2.24) is 15.5 Å². The maximum Gasteiger partial charge on any atom is 0.408 e. The first kappa shape index (κ1) is 33.4. The fourth-order valence-electron chi connectivity index (χ4n) is 5.29. The summed E-state index contributed by atoms with van der Waals surface area (Å²) in [5.41, 5.74) is -0.158. The molecule has 40 heavy (non-hydrogen) atoms. The van der Waals surface area contributed by atoms with Gasteiger partial charge in [-0.25, -0.2) is 4.79 Å². The van der Waals surface area contributed by atoms with Gasteiger partial charge in [0, 0.05) is 12.6 Å². The Hall–Kier alpha value is -2.77. The summed E-state index contributed by atoms with van der Waals surface area (Å²) in [7, 11) is 0. The number of nitrogens with zero attached hydrogens (tertiary/aromatic N) is 1. The van der Waals surface area contributed by atoms with Crippen molar-refractivity contribution in [2.75, 3.05) is 6.54 Å². The molecular formula is C32H53N3O5. The lowest BCUT2D eigenvalue weighted by Crippen LogP contribution is -2.54. The van der Waals surface area contributed by atoms with Crippen LogP contribution in [0.2, 0.25) is 0 Å². The fourth-order valence-corrected chi connectivity index (χ4v) is 5.29. The SMILES string of the molecule is CCCCCCCN(C(=O)C(CC(C)C)NC(=O)OC(C)(C)C)C(C(=O)NC1CCCCC1)c1cccc(O)c1. The molecule has 0 bridgehead atoms. The van der Waals surface area contributed by atoms with Crippen molar-refractivity contribution in [3.8, 4) is 5.75 Å². The molecule has 8 heteroatoms. The lowest BCUT2D eigenvalue weighted by Gasteiger charge is -2.36. The maximum absolute atomic E-state index is 14.3. The largest absolute Gasteiger partial charge is 0.508 e. The maximum atomic E-state index is 14.3. The third kappa shape index (κ3) is 11.8. The summed E-state index contributed by atoms with van der Waals surface area (Å²) in [5, 5.41) is 16.3. The Balaban J connectivity index is 2.45. The minimum absolute atomic E-state index is 0.0360. The van der Waals surface area contributed by atoms with Crippen molar-refractivity contribution >= 4 is 17.9 Å². The van der Waals surface area contributed by atoms with Crippen LogP contribution in [0.5, 0.6) is 5.75 Å². The van der Waals surface area contributed by atoms with Crippen molar-refractivity contribution in [1.29, 1.82) is 0 Å². The summed E-state index contributed by atoms with van der Waals surface area (Å²) in [4.78, 5) is 42.7. The van der Waals surface area contributed by atoms with Crippen molar-refractivity contribution in [3.05, 3.63) is 29.8 Å². The molecule has 1 aliphatic rings. The highest BCUT2D eigenvalue weighted by Gasteiger charge is 2.37. The second kappa shape index (κ2) is 16.5. The van der Waals surface area contributed by atoms with Crippen molar-refractivity contribution in [2.24, 2.45) is 5.92 Å². The van der Waals surface area contributed by atoms with E-state index in [0.29, 0.717) is 18.5 Å². The fraction of sp³-hybridized carbons (Fsp3) is 0.719. The number of unbranched alkanes of at least 4 members (excludes halogenated alkanes) is 4. The third-order valence-corrected chi connectivity index (χ3v) is 7.18. The van der Waals surface area contributed by atoms with E-state index in [1.54, 1.807) is 49.9 Å². The molecule has 2 unspecified atom stereocenters. The lowest BCUT2D eigenvalue weighted by molar-refractivity contribution is -0.143. The quantitative estimate of drug-likeness (QED) is 0.222. The van der Waals surface area contributed by atoms with Gasteiger partial charge in [-0.3, -0.25) is 9.59 Å². The monoisotopic (exact) mass is 559 g/mol. The summed E-state index contributed by atoms with van der Waals surface area (Å²) < 4.78 is 5.48. The summed E-state index contributed by atoms with van der Waals surface area (Å²) >= 11 is 0. The third-order valence-electron chi connectivity index (χ3n) is 7.18. The van der Waals surface area contributed by atoms with Crippen LogP contribution < -0.4 is 10.6 Å². The predicted molar refractivity (Wildman–Crippen MR) is 159 cm³/mol. The van der Waals surface area contributed by atoms with E-state index in [9.17, 15) is 19.5 Å². The average molecular weight is 560 g/mol. The number of hydrogen-bond acceptors (Lipinski definition) is 5. The van der Waals surface area contributed by atoms with E-state index < -0.39 is 23.8 Å². The number of carbonyl (C=O) groups is 3. The highest BCUT2D eigenvalue weighted by Crippen LogP contribution is 2.28. The van der Waals surface area contributed by atoms with Crippen LogP contribution in [-0.2, 0) is 14.3 Å². The Morgan fingerprint density at radius 1 is 1.05 bits per heavy atom. The van der Waals surface area contributed by atoms with Gasteiger partial charge in [0.25, 0.3) is 0 Å². The Bertz CT molecular complexity index is 937. The first-order chi connectivity index (χ1) is 18.9. The highest BCUT2D eigenvalue weighted by molar-refractivity contribution is 5.92. The lowest BCUT2D eigenvalue weighted by atomic mass is 9.94. The number of ether oxygens (including phenoxy) is 1. The van der Waals surface area contributed by atoms with Crippen molar-refractivity contribution in [2.45, 2.75) is 136 Å². The molecule has 1 fully saturated rings. The number of aromatic hydroxyl groups is 1. The standard InChI is InChI=1S/C32H53N3O5/c1-7-8-9-10-14-20-35(30(38)27(21-23(2)3)34-31(39)40-32(4,5)6)28(24-16-15-19-26(36)22-24)29(37)33-25-17-12-11-13-18-25/h15-16,19,22-23,25,27-28,36H,7-14,17-18,20-21H2,1-6H3,(H,33,37)(H,34,39). The van der Waals surface area contributed by atoms with Crippen LogP contribution in [0.1, 0.15) is 124 Å². The molecule has 1 aromatic carbocycles. The average Bonchev–Trinajstić information content (AvgIpc) is 2.86. The highest BCUT2D eigenvalue weighted by atomic mass is 16.6. The summed E-state index contributed by atoms with van der Waals surface area (Å²) in [6.07, 6.45) is 9.82. The molecule has 3 N–H and O–H groups in total. The Morgan fingerprint density at radius 3 is 2.33 bits per heavy atom. The van der Waals surface area contributed by atoms with Crippen LogP contribution in [0.3, 0.4) is 0 Å². The van der Waals surface area contributed by atoms with Gasteiger partial charge in [0.15, 0.2) is 0 Å². The molecule has 226 valence electrons. The number of phenols is 1. The predicted octanol–water partition coefficient (Wildman–Crippen LogP) is 6.62. The van der Waals surface area contributed by atoms with Crippen LogP contribution in [0.25, 0.3) is 0 Å². The molecule has 0 radical (unpaired) electrons. The molecule has 1 saturated carbocycles. The van der Waals surface area contributed by atoms with E-state index >= 15 is 0 Å². The van der Waals surface area contributed by atoms with Crippen LogP contribution in [0.15, 0.2) is 24.3 Å². The van der Waals surface area contributed by atoms with E-state index in [0.717, 1.165) is 64.2 Å². The van der Waals surface area contributed by atoms with Crippen LogP contribution in [-0.4, -0.2) is 52.1 Å². The molecule has 0 heterocycles. The number of nitrogens with one attached hydrogen (secondary N) is 2. The zero-order valence-corrected chi connectivity index (χ0v) is 25.6. The molecule has 0 aliphatic heterocycles. The van der Waals surface area contributed by atoms with Gasteiger partial charge in [0.2, 0.25) is 11.8 Å². The number of carbonyl (C=O) groups excluding carboxylic acids is 3. The molecule has 1 aliphatic carbocycles. The van der Waals surface area contributed by atoms with E-state index in [1.165, 1.54) is 0 Å². The van der Waals surface area contributed by atoms with Gasteiger partial charge in [-0.05, 0) is 70.1 Å². The summed E-state index contributed by atoms with van der Waals surface area (Å²) in [6, 6.07) is 4.87. The van der Waals surface area contributed by atoms with Crippen LogP contribution in [0.4, 0.5) is 4.79 Å². The van der Waals surface area contributed by atoms with Gasteiger partial charge in [-0.1, -0.05) is 77.8 Å². The zero-order chi connectivity index (χ0) is 29.7. The van der Waals surface area contributed by atoms with E-state index in [4.69, 9.17) is 4.74 Å². The number of phenolic OH excluding ortho intramolecular Hbond substituents is 1.